The quantitative estimate of drug-likeness (QED) is 0.107. The van der Waals surface area contributed by atoms with Gasteiger partial charge < -0.3 is 14.8 Å². The van der Waals surface area contributed by atoms with Crippen LogP contribution in [-0.2, 0) is 40.3 Å². The van der Waals surface area contributed by atoms with E-state index in [0.29, 0.717) is 63.3 Å². The Hall–Kier alpha value is -6.44. The lowest BCUT2D eigenvalue weighted by Gasteiger charge is -2.33. The second-order valence-electron chi connectivity index (χ2n) is 17.8. The molecule has 0 amide bonds. The van der Waals surface area contributed by atoms with Gasteiger partial charge in [-0.25, -0.2) is 34.5 Å². The largest absolute Gasteiger partial charge is 0.341 e. The van der Waals surface area contributed by atoms with Gasteiger partial charge in [0, 0.05) is 68.0 Å². The topological polar surface area (TPSA) is 215 Å². The number of hydrogen-bond donors (Lipinski definition) is 3. The molecule has 2 aliphatic heterocycles. The van der Waals surface area contributed by atoms with Gasteiger partial charge in [0.2, 0.25) is 5.95 Å². The highest BCUT2D eigenvalue weighted by molar-refractivity contribution is 9.10. The van der Waals surface area contributed by atoms with E-state index in [9.17, 15) is 19.2 Å². The smallest absolute Gasteiger partial charge is 0.332 e. The lowest BCUT2D eigenvalue weighted by atomic mass is 10.1. The normalized spacial score (nSPS) is 15.5. The van der Waals surface area contributed by atoms with E-state index >= 15 is 0 Å². The second kappa shape index (κ2) is 23.6. The average molecular weight is 1090 g/mol. The summed E-state index contributed by atoms with van der Waals surface area (Å²) in [6.07, 6.45) is 4.69. The van der Waals surface area contributed by atoms with Crippen molar-refractivity contribution < 1.29 is 0 Å². The predicted octanol–water partition coefficient (Wildman–Crippen LogP) is 3.67. The van der Waals surface area contributed by atoms with Crippen LogP contribution in [0.2, 0.25) is 0 Å². The van der Waals surface area contributed by atoms with Gasteiger partial charge in [0.1, 0.15) is 11.6 Å². The number of imidazole rings is 2. The van der Waals surface area contributed by atoms with Crippen molar-refractivity contribution in [2.45, 2.75) is 91.6 Å². The predicted molar refractivity (Wildman–Crippen MR) is 297 cm³/mol. The van der Waals surface area contributed by atoms with Crippen LogP contribution < -0.4 is 42.9 Å². The van der Waals surface area contributed by atoms with Crippen LogP contribution in [0, 0.1) is 37.5 Å². The van der Waals surface area contributed by atoms with E-state index in [1.807, 2.05) is 66.9 Å². The van der Waals surface area contributed by atoms with Crippen LogP contribution in [-0.4, -0.2) is 95.6 Å². The molecule has 0 bridgehead atoms. The van der Waals surface area contributed by atoms with Crippen molar-refractivity contribution in [2.75, 3.05) is 31.1 Å². The highest BCUT2D eigenvalue weighted by Gasteiger charge is 2.27. The first kappa shape index (κ1) is 52.9. The van der Waals surface area contributed by atoms with Gasteiger partial charge in [-0.1, -0.05) is 67.0 Å². The molecule has 2 fully saturated rings. The summed E-state index contributed by atoms with van der Waals surface area (Å²) < 4.78 is 9.04. The van der Waals surface area contributed by atoms with E-state index in [0.717, 1.165) is 70.2 Å². The van der Waals surface area contributed by atoms with Crippen LogP contribution in [0.5, 0.6) is 0 Å². The zero-order valence-corrected chi connectivity index (χ0v) is 45.6. The summed E-state index contributed by atoms with van der Waals surface area (Å²) in [6.45, 7) is 11.7. The Kier molecular flexibility index (Phi) is 17.1. The van der Waals surface area contributed by atoms with Gasteiger partial charge in [-0.05, 0) is 88.0 Å². The molecule has 2 saturated heterocycles. The molecule has 8 aromatic rings. The molecular formula is C50H59BrN16O4P2. The van der Waals surface area contributed by atoms with Crippen molar-refractivity contribution in [1.82, 2.24) is 72.8 Å². The van der Waals surface area contributed by atoms with Crippen molar-refractivity contribution in [3.8, 4) is 23.7 Å². The standard InChI is InChI=1S/C25H29N8O2P.C20H17BrN6O2.C5H13N2P/c1-4-5-13-32-21-22(28-24(32)31-12-8-9-17(14-31)29-36)30(3)25(35)33(23(21)34)15-20-26-16(2)18-10-6-7-11-19(18)27-20;1-4-5-10-26-16-17(24-19(26)21)25(3)20(29)27(18(16)28)11-15-22-12(2)13-8-6-7-9-14(13)23-15;8-7-5-2-1-3-6-4-5/h6-7,10-11,17,29H,8-9,12-15,36H2,1-3H3;6-9H,10-11H2,1-3H3;5-7H,1-4,8H2/t17-;;5-/m1.1/s1. The number of hydrogen-bond acceptors (Lipinski definition) is 14. The Morgan fingerprint density at radius 1 is 0.671 bits per heavy atom. The highest BCUT2D eigenvalue weighted by atomic mass is 79.9. The lowest BCUT2D eigenvalue weighted by molar-refractivity contribution is 0.441. The molecule has 10 rings (SSSR count). The SMILES string of the molecule is CC#CCn1c(Br)nc2c1c(=O)n(Cc1nc(C)c3ccccc3n1)c(=O)n2C.CC#CCn1c(N2CCC[C@@H](NP)C2)nc2c1c(=O)n(Cc1nc(C)c3ccccc3n1)c(=O)n2C.PN[C@@H]1CCCNC1. The zero-order valence-electron chi connectivity index (χ0n) is 41.7. The fraction of sp³-hybridized carbons (Fsp3) is 0.400. The third-order valence-corrected chi connectivity index (χ3v) is 14.5. The number of halogens is 1. The number of para-hydroxylation sites is 2. The maximum absolute atomic E-state index is 13.8. The summed E-state index contributed by atoms with van der Waals surface area (Å²) in [5.41, 5.74) is 2.65. The number of aromatic nitrogens is 12. The van der Waals surface area contributed by atoms with Crippen molar-refractivity contribution in [1.29, 1.82) is 0 Å². The third-order valence-electron chi connectivity index (χ3n) is 13.0. The number of aryl methyl sites for hydroxylation is 4. The van der Waals surface area contributed by atoms with Crippen molar-refractivity contribution in [3.05, 3.63) is 118 Å². The molecule has 4 atom stereocenters. The van der Waals surface area contributed by atoms with Crippen molar-refractivity contribution in [3.63, 3.8) is 0 Å². The van der Waals surface area contributed by atoms with Crippen LogP contribution >= 0.6 is 34.7 Å². The minimum absolute atomic E-state index is 0.0319. The van der Waals surface area contributed by atoms with Gasteiger partial charge in [0.25, 0.3) is 11.1 Å². The summed E-state index contributed by atoms with van der Waals surface area (Å²) in [5, 5.41) is 11.6. The summed E-state index contributed by atoms with van der Waals surface area (Å²) >= 11 is 3.36. The molecule has 8 heterocycles. The number of benzene rings is 2. The summed E-state index contributed by atoms with van der Waals surface area (Å²) in [5.74, 6) is 13.2. The Morgan fingerprint density at radius 2 is 1.18 bits per heavy atom. The molecule has 0 spiro atoms. The number of nitrogens with one attached hydrogen (secondary N) is 3. The molecule has 73 heavy (non-hydrogen) atoms. The Labute approximate surface area is 434 Å². The van der Waals surface area contributed by atoms with E-state index in [-0.39, 0.29) is 19.6 Å². The van der Waals surface area contributed by atoms with Gasteiger partial charge in [-0.15, -0.1) is 11.8 Å². The molecule has 2 aromatic carbocycles. The Bertz CT molecular complexity index is 3740. The van der Waals surface area contributed by atoms with Gasteiger partial charge in [-0.3, -0.25) is 42.6 Å². The minimum Gasteiger partial charge on any atom is -0.341 e. The maximum Gasteiger partial charge on any atom is 0.332 e. The third kappa shape index (κ3) is 11.2. The van der Waals surface area contributed by atoms with E-state index in [1.54, 1.807) is 32.5 Å². The molecule has 6 aromatic heterocycles. The van der Waals surface area contributed by atoms with Gasteiger partial charge in [0.15, 0.2) is 27.1 Å². The summed E-state index contributed by atoms with van der Waals surface area (Å²) in [4.78, 5) is 82.7. The molecule has 2 aliphatic rings. The molecule has 20 nitrogen and oxygen atoms in total. The van der Waals surface area contributed by atoms with Gasteiger partial charge in [0.05, 0.1) is 37.2 Å². The first-order valence-electron chi connectivity index (χ1n) is 24.0. The molecule has 23 heteroatoms. The molecular weight excluding hydrogens is 1030 g/mol. The molecule has 380 valence electrons. The number of piperidine rings is 2. The average Bonchev–Trinajstić information content (AvgIpc) is 3.97. The van der Waals surface area contributed by atoms with Crippen LogP contribution in [0.1, 0.15) is 62.6 Å². The summed E-state index contributed by atoms with van der Waals surface area (Å²) in [7, 11) is 8.37. The van der Waals surface area contributed by atoms with E-state index in [1.165, 1.54) is 33.1 Å². The van der Waals surface area contributed by atoms with Crippen molar-refractivity contribution >= 4 is 84.8 Å². The first-order chi connectivity index (χ1) is 35.3. The van der Waals surface area contributed by atoms with Crippen molar-refractivity contribution in [2.24, 2.45) is 14.1 Å². The fourth-order valence-corrected chi connectivity index (χ4v) is 10.2. The minimum atomic E-state index is -0.476. The summed E-state index contributed by atoms with van der Waals surface area (Å²) in [6, 6.07) is 16.3. The Balaban J connectivity index is 0.000000172. The first-order valence-corrected chi connectivity index (χ1v) is 25.9. The number of rotatable bonds is 9. The molecule has 0 saturated carbocycles. The molecule has 2 unspecified atom stereocenters. The highest BCUT2D eigenvalue weighted by Crippen LogP contribution is 2.24. The zero-order chi connectivity index (χ0) is 51.9. The molecule has 0 aliphatic carbocycles. The number of fused-ring (bicyclic) bond motifs is 4. The van der Waals surface area contributed by atoms with Crippen LogP contribution in [0.15, 0.2) is 72.4 Å². The number of nitrogens with zero attached hydrogens (tertiary/aromatic N) is 13. The molecule has 3 N–H and O–H groups in total. The van der Waals surface area contributed by atoms with Gasteiger partial charge in [-0.2, -0.15) is 4.98 Å². The number of anilines is 1. The van der Waals surface area contributed by atoms with Crippen LogP contribution in [0.3, 0.4) is 0 Å². The monoisotopic (exact) mass is 1090 g/mol. The second-order valence-corrected chi connectivity index (χ2v) is 19.2. The van der Waals surface area contributed by atoms with E-state index in [2.05, 4.69) is 104 Å². The Morgan fingerprint density at radius 3 is 1.68 bits per heavy atom. The van der Waals surface area contributed by atoms with Gasteiger partial charge >= 0.3 is 11.4 Å². The maximum atomic E-state index is 13.8. The fourth-order valence-electron chi connectivity index (χ4n) is 9.14. The molecule has 0 radical (unpaired) electrons. The lowest BCUT2D eigenvalue weighted by Crippen LogP contribution is -2.44. The van der Waals surface area contributed by atoms with E-state index < -0.39 is 22.5 Å². The van der Waals surface area contributed by atoms with Crippen LogP contribution in [0.25, 0.3) is 44.1 Å². The van der Waals surface area contributed by atoms with Crippen LogP contribution in [0.4, 0.5) is 5.95 Å². The van der Waals surface area contributed by atoms with E-state index in [4.69, 9.17) is 4.98 Å².